The van der Waals surface area contributed by atoms with Crippen molar-refractivity contribution in [2.75, 3.05) is 17.2 Å². The number of thiophene rings is 1. The van der Waals surface area contributed by atoms with Gasteiger partial charge >= 0.3 is 0 Å². The molecule has 174 valence electrons. The van der Waals surface area contributed by atoms with Gasteiger partial charge in [-0.15, -0.1) is 17.9 Å². The number of carbonyl (C=O) groups excluding carboxylic acids is 1. The van der Waals surface area contributed by atoms with Gasteiger partial charge in [0.25, 0.3) is 5.56 Å². The van der Waals surface area contributed by atoms with Crippen molar-refractivity contribution in [3.05, 3.63) is 108 Å². The molecule has 0 saturated heterocycles. The summed E-state index contributed by atoms with van der Waals surface area (Å²) in [5.74, 6) is 0.0500. The standard InChI is InChI=1S/C27H22N4O2S2/c1-2-15-30(20-10-4-3-5-11-20)23(32)18-34-27-29-24-21-12-6-7-13-22(21)35-25(24)26(33)31(27)17-19-9-8-14-28-16-19/h2-14,16H,1,15,17-18H2. The number of rotatable bonds is 8. The van der Waals surface area contributed by atoms with Crippen molar-refractivity contribution in [1.82, 2.24) is 14.5 Å². The first kappa shape index (κ1) is 23.0. The molecule has 3 heterocycles. The van der Waals surface area contributed by atoms with E-state index in [-0.39, 0.29) is 17.2 Å². The number of thioether (sulfide) groups is 1. The van der Waals surface area contributed by atoms with Crippen molar-refractivity contribution >= 4 is 55.0 Å². The highest BCUT2D eigenvalue weighted by Gasteiger charge is 2.20. The van der Waals surface area contributed by atoms with Gasteiger partial charge in [0.05, 0.1) is 17.8 Å². The van der Waals surface area contributed by atoms with Crippen LogP contribution in [0.5, 0.6) is 0 Å². The number of hydrogen-bond donors (Lipinski definition) is 0. The van der Waals surface area contributed by atoms with E-state index in [1.54, 1.807) is 27.9 Å². The molecule has 8 heteroatoms. The van der Waals surface area contributed by atoms with Crippen LogP contribution in [0.2, 0.25) is 0 Å². The largest absolute Gasteiger partial charge is 0.308 e. The summed E-state index contributed by atoms with van der Waals surface area (Å²) in [5, 5.41) is 1.46. The fourth-order valence-electron chi connectivity index (χ4n) is 3.87. The number of fused-ring (bicyclic) bond motifs is 3. The summed E-state index contributed by atoms with van der Waals surface area (Å²) in [5.41, 5.74) is 2.26. The van der Waals surface area contributed by atoms with E-state index >= 15 is 0 Å². The monoisotopic (exact) mass is 498 g/mol. The average molecular weight is 499 g/mol. The molecular formula is C27H22N4O2S2. The predicted molar refractivity (Wildman–Crippen MR) is 144 cm³/mol. The Morgan fingerprint density at radius 2 is 1.89 bits per heavy atom. The van der Waals surface area contributed by atoms with Crippen LogP contribution in [0.3, 0.4) is 0 Å². The summed E-state index contributed by atoms with van der Waals surface area (Å²) in [7, 11) is 0. The Bertz CT molecular complexity index is 1560. The number of amides is 1. The van der Waals surface area contributed by atoms with Crippen molar-refractivity contribution in [3.63, 3.8) is 0 Å². The molecule has 2 aromatic carbocycles. The SMILES string of the molecule is C=CCN(C(=O)CSc1nc2c(sc3ccccc32)c(=O)n1Cc1cccnc1)c1ccccc1. The van der Waals surface area contributed by atoms with Crippen LogP contribution in [0.1, 0.15) is 5.56 Å². The van der Waals surface area contributed by atoms with Crippen LogP contribution < -0.4 is 10.5 Å². The van der Waals surface area contributed by atoms with Gasteiger partial charge in [0.2, 0.25) is 5.91 Å². The van der Waals surface area contributed by atoms with Crippen molar-refractivity contribution < 1.29 is 4.79 Å². The van der Waals surface area contributed by atoms with Crippen molar-refractivity contribution in [3.8, 4) is 0 Å². The molecular weight excluding hydrogens is 476 g/mol. The number of carbonyl (C=O) groups is 1. The normalized spacial score (nSPS) is 11.1. The molecule has 0 radical (unpaired) electrons. The average Bonchev–Trinajstić information content (AvgIpc) is 3.28. The van der Waals surface area contributed by atoms with Crippen LogP contribution in [0.15, 0.2) is 102 Å². The second-order valence-electron chi connectivity index (χ2n) is 7.84. The van der Waals surface area contributed by atoms with Gasteiger partial charge < -0.3 is 4.90 Å². The van der Waals surface area contributed by atoms with E-state index in [1.165, 1.54) is 23.1 Å². The summed E-state index contributed by atoms with van der Waals surface area (Å²) in [6.07, 6.45) is 5.14. The maximum absolute atomic E-state index is 13.6. The van der Waals surface area contributed by atoms with Crippen LogP contribution in [0, 0.1) is 0 Å². The molecule has 0 aliphatic heterocycles. The Hall–Kier alpha value is -3.75. The second kappa shape index (κ2) is 10.2. The first-order valence-electron chi connectivity index (χ1n) is 11.1. The van der Waals surface area contributed by atoms with Crippen molar-refractivity contribution in [2.24, 2.45) is 0 Å². The lowest BCUT2D eigenvalue weighted by Gasteiger charge is -2.21. The molecule has 0 N–H and O–H groups in total. The molecule has 0 aliphatic carbocycles. The zero-order chi connectivity index (χ0) is 24.2. The lowest BCUT2D eigenvalue weighted by molar-refractivity contribution is -0.116. The molecule has 6 nitrogen and oxygen atoms in total. The molecule has 0 atom stereocenters. The molecule has 35 heavy (non-hydrogen) atoms. The molecule has 1 amide bonds. The van der Waals surface area contributed by atoms with E-state index in [2.05, 4.69) is 11.6 Å². The summed E-state index contributed by atoms with van der Waals surface area (Å²) < 4.78 is 3.27. The molecule has 0 bridgehead atoms. The van der Waals surface area contributed by atoms with Gasteiger partial charge in [0.15, 0.2) is 5.16 Å². The number of benzene rings is 2. The fraction of sp³-hybridized carbons (Fsp3) is 0.111. The molecule has 0 saturated carbocycles. The van der Waals surface area contributed by atoms with Gasteiger partial charge in [0.1, 0.15) is 4.70 Å². The molecule has 0 aliphatic rings. The summed E-state index contributed by atoms with van der Waals surface area (Å²) in [6, 6.07) is 21.1. The lowest BCUT2D eigenvalue weighted by Crippen LogP contribution is -2.33. The molecule has 0 spiro atoms. The molecule has 5 aromatic rings. The highest BCUT2D eigenvalue weighted by atomic mass is 32.2. The van der Waals surface area contributed by atoms with E-state index in [1.807, 2.05) is 66.7 Å². The summed E-state index contributed by atoms with van der Waals surface area (Å²) >= 11 is 2.72. The third kappa shape index (κ3) is 4.76. The summed E-state index contributed by atoms with van der Waals surface area (Å²) in [4.78, 5) is 37.6. The number of anilines is 1. The maximum atomic E-state index is 13.6. The third-order valence-corrected chi connectivity index (χ3v) is 7.63. The van der Waals surface area contributed by atoms with Crippen LogP contribution in [-0.2, 0) is 11.3 Å². The maximum Gasteiger partial charge on any atom is 0.272 e. The number of hydrogen-bond acceptors (Lipinski definition) is 6. The first-order chi connectivity index (χ1) is 17.2. The Balaban J connectivity index is 1.54. The van der Waals surface area contributed by atoms with E-state index in [9.17, 15) is 9.59 Å². The summed E-state index contributed by atoms with van der Waals surface area (Å²) in [6.45, 7) is 4.52. The molecule has 5 rings (SSSR count). The van der Waals surface area contributed by atoms with E-state index < -0.39 is 0 Å². The van der Waals surface area contributed by atoms with E-state index in [0.717, 1.165) is 21.3 Å². The van der Waals surface area contributed by atoms with Crippen molar-refractivity contribution in [1.29, 1.82) is 0 Å². The van der Waals surface area contributed by atoms with E-state index in [0.29, 0.717) is 28.5 Å². The number of aromatic nitrogens is 3. The molecule has 0 unspecified atom stereocenters. The van der Waals surface area contributed by atoms with E-state index in [4.69, 9.17) is 4.98 Å². The fourth-order valence-corrected chi connectivity index (χ4v) is 5.83. The Labute approximate surface area is 210 Å². The van der Waals surface area contributed by atoms with Gasteiger partial charge in [0, 0.05) is 34.7 Å². The van der Waals surface area contributed by atoms with Crippen LogP contribution in [-0.4, -0.2) is 32.7 Å². The minimum atomic E-state index is -0.110. The molecule has 3 aromatic heterocycles. The zero-order valence-electron chi connectivity index (χ0n) is 18.8. The minimum Gasteiger partial charge on any atom is -0.308 e. The third-order valence-electron chi connectivity index (χ3n) is 5.52. The zero-order valence-corrected chi connectivity index (χ0v) is 20.5. The van der Waals surface area contributed by atoms with Gasteiger partial charge in [-0.25, -0.2) is 4.98 Å². The quantitative estimate of drug-likeness (QED) is 0.164. The minimum absolute atomic E-state index is 0.0847. The van der Waals surface area contributed by atoms with Crippen LogP contribution >= 0.6 is 23.1 Å². The number of nitrogens with zero attached hydrogens (tertiary/aromatic N) is 4. The van der Waals surface area contributed by atoms with Crippen LogP contribution in [0.4, 0.5) is 5.69 Å². The van der Waals surface area contributed by atoms with Gasteiger partial charge in [-0.3, -0.25) is 19.1 Å². The number of pyridine rings is 1. The number of para-hydroxylation sites is 1. The van der Waals surface area contributed by atoms with Gasteiger partial charge in [-0.1, -0.05) is 60.3 Å². The smallest absolute Gasteiger partial charge is 0.272 e. The Morgan fingerprint density at radius 3 is 2.66 bits per heavy atom. The lowest BCUT2D eigenvalue weighted by atomic mass is 10.2. The topological polar surface area (TPSA) is 68.1 Å². The highest BCUT2D eigenvalue weighted by Crippen LogP contribution is 2.32. The van der Waals surface area contributed by atoms with Gasteiger partial charge in [-0.05, 0) is 29.8 Å². The predicted octanol–water partition coefficient (Wildman–Crippen LogP) is 5.37. The van der Waals surface area contributed by atoms with Crippen LogP contribution in [0.25, 0.3) is 20.3 Å². The first-order valence-corrected chi connectivity index (χ1v) is 12.9. The molecule has 0 fully saturated rings. The van der Waals surface area contributed by atoms with Gasteiger partial charge in [-0.2, -0.15) is 0 Å². The highest BCUT2D eigenvalue weighted by molar-refractivity contribution is 7.99. The second-order valence-corrected chi connectivity index (χ2v) is 9.83. The Kier molecular flexibility index (Phi) is 6.74. The Morgan fingerprint density at radius 1 is 1.09 bits per heavy atom. The van der Waals surface area contributed by atoms with Crippen molar-refractivity contribution in [2.45, 2.75) is 11.7 Å².